The molecule has 0 saturated carbocycles. The zero-order chi connectivity index (χ0) is 15.8. The van der Waals surface area contributed by atoms with Crippen LogP contribution in [0.5, 0.6) is 5.75 Å². The van der Waals surface area contributed by atoms with Gasteiger partial charge in [0.25, 0.3) is 0 Å². The lowest BCUT2D eigenvalue weighted by molar-refractivity contribution is 0.213. The van der Waals surface area contributed by atoms with E-state index in [1.807, 2.05) is 36.4 Å². The van der Waals surface area contributed by atoms with Gasteiger partial charge in [-0.05, 0) is 29.8 Å². The molecule has 0 unspecified atom stereocenters. The Hall–Kier alpha value is -1.65. The molecule has 0 atom stereocenters. The van der Waals surface area contributed by atoms with E-state index in [9.17, 15) is 0 Å². The molecule has 0 bridgehead atoms. The van der Waals surface area contributed by atoms with Crippen LogP contribution in [0.2, 0.25) is 5.02 Å². The van der Waals surface area contributed by atoms with Gasteiger partial charge in [0.2, 0.25) is 0 Å². The van der Waals surface area contributed by atoms with E-state index in [1.54, 1.807) is 26.0 Å². The van der Waals surface area contributed by atoms with Gasteiger partial charge in [-0.3, -0.25) is 0 Å². The topological polar surface area (TPSA) is 30.8 Å². The fourth-order valence-electron chi connectivity index (χ4n) is 1.90. The average molecular weight is 336 g/mol. The summed E-state index contributed by atoms with van der Waals surface area (Å²) in [5.41, 5.74) is 3.17. The molecule has 2 rings (SSSR count). The van der Waals surface area contributed by atoms with Crippen molar-refractivity contribution in [3.05, 3.63) is 64.7 Å². The molecule has 0 aromatic heterocycles. The molecule has 0 aliphatic heterocycles. The molecule has 0 N–H and O–H groups in total. The van der Waals surface area contributed by atoms with Gasteiger partial charge >= 0.3 is 0 Å². The lowest BCUT2D eigenvalue weighted by Gasteiger charge is -2.07. The Kier molecular flexibility index (Phi) is 6.62. The molecule has 2 aromatic rings. The number of benzene rings is 2. The molecule has 116 valence electrons. The first kappa shape index (κ1) is 16.7. The summed E-state index contributed by atoms with van der Waals surface area (Å²) in [6.07, 6.45) is 0. The van der Waals surface area contributed by atoms with Gasteiger partial charge in [-0.15, -0.1) is 0 Å². The number of thioether (sulfide) groups is 1. The van der Waals surface area contributed by atoms with Gasteiger partial charge in [0, 0.05) is 22.1 Å². The monoisotopic (exact) mass is 335 g/mol. The van der Waals surface area contributed by atoms with Crippen LogP contribution < -0.4 is 4.74 Å². The van der Waals surface area contributed by atoms with Crippen molar-refractivity contribution < 1.29 is 9.57 Å². The van der Waals surface area contributed by atoms with Crippen molar-refractivity contribution in [2.75, 3.05) is 20.0 Å². The van der Waals surface area contributed by atoms with Crippen molar-refractivity contribution in [3.63, 3.8) is 0 Å². The summed E-state index contributed by atoms with van der Waals surface area (Å²) in [7, 11) is 3.23. The van der Waals surface area contributed by atoms with Crippen molar-refractivity contribution in [2.45, 2.75) is 5.75 Å². The SMILES string of the molecule is CO/N=C(/CSCc1ccc(OC)cc1)c1ccc(Cl)cc1. The highest BCUT2D eigenvalue weighted by atomic mass is 35.5. The van der Waals surface area contributed by atoms with Crippen LogP contribution in [0.15, 0.2) is 53.7 Å². The molecule has 0 heterocycles. The van der Waals surface area contributed by atoms with Gasteiger partial charge in [0.05, 0.1) is 12.8 Å². The molecule has 0 saturated heterocycles. The second-order valence-corrected chi connectivity index (χ2v) is 5.99. The molecule has 0 radical (unpaired) electrons. The summed E-state index contributed by atoms with van der Waals surface area (Å²) in [5, 5.41) is 4.83. The van der Waals surface area contributed by atoms with E-state index in [2.05, 4.69) is 17.3 Å². The van der Waals surface area contributed by atoms with Crippen molar-refractivity contribution in [1.82, 2.24) is 0 Å². The van der Waals surface area contributed by atoms with Crippen LogP contribution in [0.3, 0.4) is 0 Å². The Bertz CT molecular complexity index is 612. The molecule has 5 heteroatoms. The molecular weight excluding hydrogens is 318 g/mol. The lowest BCUT2D eigenvalue weighted by atomic mass is 10.1. The molecule has 0 aliphatic rings. The van der Waals surface area contributed by atoms with Gasteiger partial charge in [0.1, 0.15) is 12.9 Å². The highest BCUT2D eigenvalue weighted by Gasteiger charge is 2.06. The van der Waals surface area contributed by atoms with E-state index in [4.69, 9.17) is 21.2 Å². The number of halogens is 1. The number of hydrogen-bond donors (Lipinski definition) is 0. The molecular formula is C17H18ClNO2S. The maximum absolute atomic E-state index is 5.92. The van der Waals surface area contributed by atoms with E-state index < -0.39 is 0 Å². The minimum absolute atomic E-state index is 0.714. The molecule has 3 nitrogen and oxygen atoms in total. The Balaban J connectivity index is 1.94. The van der Waals surface area contributed by atoms with Crippen LogP contribution in [0, 0.1) is 0 Å². The Morgan fingerprint density at radius 2 is 1.73 bits per heavy atom. The van der Waals surface area contributed by atoms with Gasteiger partial charge < -0.3 is 9.57 Å². The molecule has 22 heavy (non-hydrogen) atoms. The van der Waals surface area contributed by atoms with Crippen LogP contribution >= 0.6 is 23.4 Å². The fraction of sp³-hybridized carbons (Fsp3) is 0.235. The quantitative estimate of drug-likeness (QED) is 0.546. The molecule has 0 spiro atoms. The van der Waals surface area contributed by atoms with E-state index in [1.165, 1.54) is 5.56 Å². The maximum Gasteiger partial charge on any atom is 0.118 e. The predicted octanol–water partition coefficient (Wildman–Crippen LogP) is 4.63. The van der Waals surface area contributed by atoms with Crippen molar-refractivity contribution in [1.29, 1.82) is 0 Å². The Morgan fingerprint density at radius 1 is 1.05 bits per heavy atom. The van der Waals surface area contributed by atoms with Crippen LogP contribution in [0.4, 0.5) is 0 Å². The van der Waals surface area contributed by atoms with Crippen LogP contribution in [-0.4, -0.2) is 25.7 Å². The molecule has 0 aliphatic carbocycles. The van der Waals surface area contributed by atoms with Crippen LogP contribution in [-0.2, 0) is 10.6 Å². The van der Waals surface area contributed by atoms with Gasteiger partial charge in [-0.1, -0.05) is 41.0 Å². The zero-order valence-electron chi connectivity index (χ0n) is 12.6. The van der Waals surface area contributed by atoms with Crippen LogP contribution in [0.25, 0.3) is 0 Å². The van der Waals surface area contributed by atoms with E-state index in [0.29, 0.717) is 5.02 Å². The number of ether oxygens (including phenoxy) is 1. The van der Waals surface area contributed by atoms with E-state index in [0.717, 1.165) is 28.5 Å². The smallest absolute Gasteiger partial charge is 0.118 e. The summed E-state index contributed by atoms with van der Waals surface area (Å²) in [6.45, 7) is 0. The molecule has 2 aromatic carbocycles. The number of rotatable bonds is 7. The van der Waals surface area contributed by atoms with Crippen molar-refractivity contribution in [2.24, 2.45) is 5.16 Å². The average Bonchev–Trinajstić information content (AvgIpc) is 2.55. The summed E-state index contributed by atoms with van der Waals surface area (Å²) in [4.78, 5) is 4.95. The normalized spacial score (nSPS) is 11.3. The van der Waals surface area contributed by atoms with Gasteiger partial charge in [-0.2, -0.15) is 11.8 Å². The first-order valence-electron chi connectivity index (χ1n) is 6.79. The van der Waals surface area contributed by atoms with E-state index in [-0.39, 0.29) is 0 Å². The highest BCUT2D eigenvalue weighted by Crippen LogP contribution is 2.19. The van der Waals surface area contributed by atoms with E-state index >= 15 is 0 Å². The third-order valence-corrected chi connectivity index (χ3v) is 4.31. The minimum atomic E-state index is 0.714. The van der Waals surface area contributed by atoms with Gasteiger partial charge in [0.15, 0.2) is 0 Å². The number of methoxy groups -OCH3 is 1. The molecule has 0 fully saturated rings. The van der Waals surface area contributed by atoms with Crippen molar-refractivity contribution >= 4 is 29.1 Å². The number of hydrogen-bond acceptors (Lipinski definition) is 4. The maximum atomic E-state index is 5.92. The first-order chi connectivity index (χ1) is 10.7. The third kappa shape index (κ3) is 4.97. The minimum Gasteiger partial charge on any atom is -0.497 e. The highest BCUT2D eigenvalue weighted by molar-refractivity contribution is 7.99. The van der Waals surface area contributed by atoms with Crippen molar-refractivity contribution in [3.8, 4) is 5.75 Å². The Morgan fingerprint density at radius 3 is 2.32 bits per heavy atom. The number of oxime groups is 1. The third-order valence-electron chi connectivity index (χ3n) is 3.05. The number of nitrogens with zero attached hydrogens (tertiary/aromatic N) is 1. The molecule has 0 amide bonds. The second kappa shape index (κ2) is 8.71. The standard InChI is InChI=1S/C17H18ClNO2S/c1-20-16-9-3-13(4-10-16)11-22-12-17(19-21-2)14-5-7-15(18)8-6-14/h3-10H,11-12H2,1-2H3/b19-17-. The summed E-state index contributed by atoms with van der Waals surface area (Å²) < 4.78 is 5.16. The Labute approximate surface area is 140 Å². The summed E-state index contributed by atoms with van der Waals surface area (Å²) in [5.74, 6) is 2.54. The lowest BCUT2D eigenvalue weighted by Crippen LogP contribution is -2.05. The fourth-order valence-corrected chi connectivity index (χ4v) is 2.97. The van der Waals surface area contributed by atoms with Crippen LogP contribution in [0.1, 0.15) is 11.1 Å². The second-order valence-electron chi connectivity index (χ2n) is 4.57. The summed E-state index contributed by atoms with van der Waals surface area (Å²) >= 11 is 7.70. The van der Waals surface area contributed by atoms with Gasteiger partial charge in [-0.25, -0.2) is 0 Å². The summed E-state index contributed by atoms with van der Waals surface area (Å²) in [6, 6.07) is 15.7. The zero-order valence-corrected chi connectivity index (χ0v) is 14.2. The largest absolute Gasteiger partial charge is 0.497 e. The predicted molar refractivity (Wildman–Crippen MR) is 94.2 cm³/mol. The first-order valence-corrected chi connectivity index (χ1v) is 8.33.